The third kappa shape index (κ3) is 1.32. The first-order chi connectivity index (χ1) is 10.7. The van der Waals surface area contributed by atoms with Crippen molar-refractivity contribution in [3.8, 4) is 0 Å². The molecule has 1 fully saturated rings. The van der Waals surface area contributed by atoms with E-state index in [1.165, 1.54) is 22.3 Å². The van der Waals surface area contributed by atoms with Gasteiger partial charge in [-0.2, -0.15) is 0 Å². The molecule has 2 aliphatic heterocycles. The lowest BCUT2D eigenvalue weighted by Gasteiger charge is -2.12. The van der Waals surface area contributed by atoms with E-state index in [4.69, 9.17) is 0 Å². The summed E-state index contributed by atoms with van der Waals surface area (Å²) in [6.07, 6.45) is 2.86. The van der Waals surface area contributed by atoms with E-state index in [9.17, 15) is 4.79 Å². The van der Waals surface area contributed by atoms with Crippen molar-refractivity contribution in [1.82, 2.24) is 0 Å². The standard InChI is InChI=1S/C19H16N2O/c1-21-17-5-3-2-4-15(17)19(18(21)22)9-16(19)12-6-7-13-10-20-11-14(13)8-12/h2-8,10,16H,9,11H2,1H3. The number of likely N-dealkylation sites (N-methyl/N-ethyl adjacent to an activating group) is 1. The first-order valence-corrected chi connectivity index (χ1v) is 7.72. The zero-order valence-corrected chi connectivity index (χ0v) is 12.4. The second kappa shape index (κ2) is 3.86. The molecular formula is C19H16N2O. The van der Waals surface area contributed by atoms with Gasteiger partial charge in [-0.25, -0.2) is 0 Å². The molecule has 1 spiro atoms. The van der Waals surface area contributed by atoms with Crippen molar-refractivity contribution < 1.29 is 4.79 Å². The molecule has 2 unspecified atom stereocenters. The van der Waals surface area contributed by atoms with Gasteiger partial charge in [0.15, 0.2) is 0 Å². The molecule has 0 bridgehead atoms. The van der Waals surface area contributed by atoms with Crippen molar-refractivity contribution in [2.45, 2.75) is 24.3 Å². The number of benzene rings is 2. The fourth-order valence-corrected chi connectivity index (χ4v) is 4.21. The number of hydrogen-bond donors (Lipinski definition) is 0. The Morgan fingerprint density at radius 2 is 2.09 bits per heavy atom. The van der Waals surface area contributed by atoms with Gasteiger partial charge >= 0.3 is 0 Å². The number of nitrogens with zero attached hydrogens (tertiary/aromatic N) is 2. The maximum absolute atomic E-state index is 12.9. The van der Waals surface area contributed by atoms with E-state index >= 15 is 0 Å². The number of amides is 1. The van der Waals surface area contributed by atoms with Crippen molar-refractivity contribution in [2.24, 2.45) is 4.99 Å². The average molecular weight is 288 g/mol. The third-order valence-electron chi connectivity index (χ3n) is 5.45. The topological polar surface area (TPSA) is 32.7 Å². The van der Waals surface area contributed by atoms with Gasteiger partial charge in [0.2, 0.25) is 5.91 Å². The second-order valence-electron chi connectivity index (χ2n) is 6.54. The molecule has 0 saturated heterocycles. The first-order valence-electron chi connectivity index (χ1n) is 7.72. The molecule has 22 heavy (non-hydrogen) atoms. The highest BCUT2D eigenvalue weighted by Gasteiger charge is 2.66. The molecular weight excluding hydrogens is 272 g/mol. The van der Waals surface area contributed by atoms with Crippen LogP contribution in [0.25, 0.3) is 0 Å². The highest BCUT2D eigenvalue weighted by atomic mass is 16.2. The summed E-state index contributed by atoms with van der Waals surface area (Å²) in [5, 5.41) is 0. The van der Waals surface area contributed by atoms with Gasteiger partial charge in [0.1, 0.15) is 0 Å². The van der Waals surface area contributed by atoms with Crippen molar-refractivity contribution in [1.29, 1.82) is 0 Å². The number of carbonyl (C=O) groups is 1. The second-order valence-corrected chi connectivity index (χ2v) is 6.54. The molecule has 1 aliphatic carbocycles. The molecule has 3 aliphatic rings. The summed E-state index contributed by atoms with van der Waals surface area (Å²) in [6, 6.07) is 14.8. The van der Waals surface area contributed by atoms with Gasteiger partial charge in [-0.1, -0.05) is 36.4 Å². The van der Waals surface area contributed by atoms with Gasteiger partial charge < -0.3 is 4.90 Å². The smallest absolute Gasteiger partial charge is 0.238 e. The van der Waals surface area contributed by atoms with E-state index in [0.717, 1.165) is 18.7 Å². The Bertz CT molecular complexity index is 854. The van der Waals surface area contributed by atoms with Crippen LogP contribution in [0.5, 0.6) is 0 Å². The minimum Gasteiger partial charge on any atom is -0.314 e. The van der Waals surface area contributed by atoms with Gasteiger partial charge in [-0.15, -0.1) is 0 Å². The van der Waals surface area contributed by atoms with Crippen LogP contribution in [-0.2, 0) is 16.8 Å². The lowest BCUT2D eigenvalue weighted by Crippen LogP contribution is -2.29. The van der Waals surface area contributed by atoms with Crippen molar-refractivity contribution in [3.63, 3.8) is 0 Å². The average Bonchev–Trinajstić information content (AvgIpc) is 3.07. The van der Waals surface area contributed by atoms with E-state index in [-0.39, 0.29) is 11.3 Å². The van der Waals surface area contributed by atoms with E-state index in [1.807, 2.05) is 36.4 Å². The minimum absolute atomic E-state index is 0.246. The normalized spacial score (nSPS) is 27.4. The number of carbonyl (C=O) groups excluding carboxylic acids is 1. The summed E-state index contributed by atoms with van der Waals surface area (Å²) in [5.41, 5.74) is 5.73. The van der Waals surface area contributed by atoms with E-state index < -0.39 is 0 Å². The molecule has 2 aromatic carbocycles. The number of anilines is 1. The number of rotatable bonds is 1. The molecule has 1 saturated carbocycles. The van der Waals surface area contributed by atoms with Crippen LogP contribution in [-0.4, -0.2) is 19.2 Å². The minimum atomic E-state index is -0.320. The zero-order valence-electron chi connectivity index (χ0n) is 12.4. The SMILES string of the molecule is CN1C(=O)C2(CC2c2ccc3c(c2)CN=C3)c2ccccc21. The van der Waals surface area contributed by atoms with Crippen LogP contribution in [0.2, 0.25) is 0 Å². The largest absolute Gasteiger partial charge is 0.314 e. The van der Waals surface area contributed by atoms with Gasteiger partial charge in [0.05, 0.1) is 12.0 Å². The Hall–Kier alpha value is -2.42. The number of para-hydroxylation sites is 1. The predicted molar refractivity (Wildman–Crippen MR) is 86.6 cm³/mol. The summed E-state index contributed by atoms with van der Waals surface area (Å²) < 4.78 is 0. The Kier molecular flexibility index (Phi) is 2.13. The summed E-state index contributed by atoms with van der Waals surface area (Å²) in [4.78, 5) is 19.0. The lowest BCUT2D eigenvalue weighted by atomic mass is 9.91. The molecule has 108 valence electrons. The van der Waals surface area contributed by atoms with Gasteiger partial charge in [0, 0.05) is 24.9 Å². The molecule has 2 aromatic rings. The highest BCUT2D eigenvalue weighted by Crippen LogP contribution is 2.66. The van der Waals surface area contributed by atoms with Crippen molar-refractivity contribution in [2.75, 3.05) is 11.9 Å². The van der Waals surface area contributed by atoms with Crippen LogP contribution in [0.4, 0.5) is 5.69 Å². The Morgan fingerprint density at radius 3 is 3.00 bits per heavy atom. The Labute approximate surface area is 129 Å². The first kappa shape index (κ1) is 12.2. The molecule has 5 rings (SSSR count). The van der Waals surface area contributed by atoms with Gasteiger partial charge in [0.25, 0.3) is 0 Å². The van der Waals surface area contributed by atoms with Crippen LogP contribution in [0.1, 0.15) is 34.6 Å². The fraction of sp³-hybridized carbons (Fsp3) is 0.263. The summed E-state index contributed by atoms with van der Waals surface area (Å²) in [6.45, 7) is 0.771. The molecule has 3 nitrogen and oxygen atoms in total. The van der Waals surface area contributed by atoms with E-state index in [1.54, 1.807) is 0 Å². The zero-order chi connectivity index (χ0) is 14.9. The molecule has 2 atom stereocenters. The van der Waals surface area contributed by atoms with Crippen molar-refractivity contribution >= 4 is 17.8 Å². The van der Waals surface area contributed by atoms with Crippen LogP contribution in [0.15, 0.2) is 47.5 Å². The van der Waals surface area contributed by atoms with Gasteiger partial charge in [-0.05, 0) is 34.7 Å². The van der Waals surface area contributed by atoms with E-state index in [0.29, 0.717) is 5.92 Å². The molecule has 1 amide bonds. The van der Waals surface area contributed by atoms with Crippen LogP contribution in [0.3, 0.4) is 0 Å². The van der Waals surface area contributed by atoms with Crippen LogP contribution >= 0.6 is 0 Å². The van der Waals surface area contributed by atoms with Crippen LogP contribution < -0.4 is 4.90 Å². The Morgan fingerprint density at radius 1 is 1.23 bits per heavy atom. The number of aliphatic imine (C=N–C) groups is 1. The number of fused-ring (bicyclic) bond motifs is 3. The summed E-state index contributed by atoms with van der Waals surface area (Å²) in [5.74, 6) is 0.549. The van der Waals surface area contributed by atoms with Gasteiger partial charge in [-0.3, -0.25) is 9.79 Å². The van der Waals surface area contributed by atoms with E-state index in [2.05, 4.69) is 29.3 Å². The highest BCUT2D eigenvalue weighted by molar-refractivity contribution is 6.11. The molecule has 0 aromatic heterocycles. The fourth-order valence-electron chi connectivity index (χ4n) is 4.21. The van der Waals surface area contributed by atoms with Crippen LogP contribution in [0, 0.1) is 0 Å². The quantitative estimate of drug-likeness (QED) is 0.794. The monoisotopic (exact) mass is 288 g/mol. The molecule has 0 radical (unpaired) electrons. The maximum Gasteiger partial charge on any atom is 0.238 e. The maximum atomic E-state index is 12.9. The Balaban J connectivity index is 1.60. The summed E-state index contributed by atoms with van der Waals surface area (Å²) >= 11 is 0. The molecule has 0 N–H and O–H groups in total. The lowest BCUT2D eigenvalue weighted by molar-refractivity contribution is -0.120. The summed E-state index contributed by atoms with van der Waals surface area (Å²) in [7, 11) is 1.89. The third-order valence-corrected chi connectivity index (χ3v) is 5.45. The number of hydrogen-bond acceptors (Lipinski definition) is 2. The molecule has 2 heterocycles. The van der Waals surface area contributed by atoms with Crippen molar-refractivity contribution in [3.05, 3.63) is 64.7 Å². The predicted octanol–water partition coefficient (Wildman–Crippen LogP) is 3.02. The molecule has 3 heteroatoms.